The average Bonchev–Trinajstić information content (AvgIpc) is 2.79. The molecule has 104 valence electrons. The van der Waals surface area contributed by atoms with E-state index in [1.54, 1.807) is 30.2 Å². The summed E-state index contributed by atoms with van der Waals surface area (Å²) in [4.78, 5) is 18.3. The summed E-state index contributed by atoms with van der Waals surface area (Å²) in [5.74, 6) is 0.560. The Morgan fingerprint density at radius 2 is 1.71 bits per heavy atom. The van der Waals surface area contributed by atoms with Gasteiger partial charge in [0.15, 0.2) is 0 Å². The molecule has 0 fully saturated rings. The molecule has 0 N–H and O–H groups in total. The number of amidine groups is 1. The van der Waals surface area contributed by atoms with Gasteiger partial charge in [-0.1, -0.05) is 54.1 Å². The Kier molecular flexibility index (Phi) is 3.59. The highest BCUT2D eigenvalue weighted by molar-refractivity contribution is 6.30. The Hall–Kier alpha value is -2.39. The van der Waals surface area contributed by atoms with E-state index in [-0.39, 0.29) is 5.91 Å². The Bertz CT molecular complexity index is 733. The molecule has 3 nitrogen and oxygen atoms in total. The van der Waals surface area contributed by atoms with E-state index in [9.17, 15) is 4.79 Å². The number of nitrogens with zero attached hydrogens (tertiary/aromatic N) is 2. The van der Waals surface area contributed by atoms with E-state index in [1.165, 1.54) is 0 Å². The lowest BCUT2D eigenvalue weighted by Crippen LogP contribution is -2.28. The number of benzene rings is 2. The Labute approximate surface area is 128 Å². The lowest BCUT2D eigenvalue weighted by atomic mass is 10.2. The van der Waals surface area contributed by atoms with Crippen LogP contribution in [0.5, 0.6) is 0 Å². The van der Waals surface area contributed by atoms with Gasteiger partial charge < -0.3 is 0 Å². The summed E-state index contributed by atoms with van der Waals surface area (Å²) in [6.45, 7) is 0. The molecule has 1 aliphatic heterocycles. The van der Waals surface area contributed by atoms with Crippen LogP contribution in [0, 0.1) is 0 Å². The number of aliphatic imine (C=N–C) groups is 1. The number of likely N-dealkylation sites (N-methyl/N-ethyl adjacent to an activating group) is 1. The first-order chi connectivity index (χ1) is 10.1. The lowest BCUT2D eigenvalue weighted by Gasteiger charge is -2.11. The van der Waals surface area contributed by atoms with Crippen LogP contribution in [-0.4, -0.2) is 23.7 Å². The van der Waals surface area contributed by atoms with Crippen molar-refractivity contribution in [1.29, 1.82) is 0 Å². The molecule has 0 radical (unpaired) electrons. The second kappa shape index (κ2) is 5.54. The molecule has 21 heavy (non-hydrogen) atoms. The first-order valence-corrected chi connectivity index (χ1v) is 6.92. The minimum atomic E-state index is -0.108. The van der Waals surface area contributed by atoms with Gasteiger partial charge in [-0.15, -0.1) is 0 Å². The van der Waals surface area contributed by atoms with Crippen molar-refractivity contribution in [3.8, 4) is 0 Å². The third kappa shape index (κ3) is 2.73. The van der Waals surface area contributed by atoms with E-state index in [0.717, 1.165) is 11.1 Å². The minimum Gasteiger partial charge on any atom is -0.294 e. The molecular formula is C17H13ClN2O. The SMILES string of the molecule is CN1C(=O)/C(=C/c2ccc(Cl)cc2)N=C1c1ccccc1. The quantitative estimate of drug-likeness (QED) is 0.779. The fourth-order valence-electron chi connectivity index (χ4n) is 2.16. The predicted octanol–water partition coefficient (Wildman–Crippen LogP) is 3.60. The highest BCUT2D eigenvalue weighted by Crippen LogP contribution is 2.21. The van der Waals surface area contributed by atoms with E-state index in [0.29, 0.717) is 16.6 Å². The van der Waals surface area contributed by atoms with Gasteiger partial charge in [0.2, 0.25) is 0 Å². The third-order valence-electron chi connectivity index (χ3n) is 3.27. The second-order valence-electron chi connectivity index (χ2n) is 4.75. The van der Waals surface area contributed by atoms with Crippen LogP contribution < -0.4 is 0 Å². The van der Waals surface area contributed by atoms with E-state index >= 15 is 0 Å². The summed E-state index contributed by atoms with van der Waals surface area (Å²) in [5.41, 5.74) is 2.25. The smallest absolute Gasteiger partial charge is 0.277 e. The molecule has 0 bridgehead atoms. The van der Waals surface area contributed by atoms with Gasteiger partial charge in [0.1, 0.15) is 11.5 Å². The molecule has 1 amide bonds. The predicted molar refractivity (Wildman–Crippen MR) is 85.2 cm³/mol. The molecule has 0 aliphatic carbocycles. The zero-order valence-corrected chi connectivity index (χ0v) is 12.2. The van der Waals surface area contributed by atoms with Crippen LogP contribution in [-0.2, 0) is 4.79 Å². The Balaban J connectivity index is 1.98. The molecule has 0 aromatic heterocycles. The van der Waals surface area contributed by atoms with Crippen LogP contribution in [0.25, 0.3) is 6.08 Å². The Morgan fingerprint density at radius 1 is 1.05 bits per heavy atom. The van der Waals surface area contributed by atoms with Gasteiger partial charge in [0.05, 0.1) is 0 Å². The molecule has 1 aliphatic rings. The van der Waals surface area contributed by atoms with Crippen molar-refractivity contribution >= 4 is 29.4 Å². The van der Waals surface area contributed by atoms with Crippen LogP contribution in [0.2, 0.25) is 5.02 Å². The van der Waals surface area contributed by atoms with Crippen molar-refractivity contribution in [3.05, 3.63) is 76.4 Å². The fourth-order valence-corrected chi connectivity index (χ4v) is 2.29. The van der Waals surface area contributed by atoms with Gasteiger partial charge in [-0.3, -0.25) is 9.69 Å². The molecule has 2 aromatic rings. The number of carbonyl (C=O) groups is 1. The van der Waals surface area contributed by atoms with Gasteiger partial charge >= 0.3 is 0 Å². The van der Waals surface area contributed by atoms with E-state index in [4.69, 9.17) is 11.6 Å². The van der Waals surface area contributed by atoms with Crippen molar-refractivity contribution in [1.82, 2.24) is 4.90 Å². The zero-order valence-electron chi connectivity index (χ0n) is 11.5. The van der Waals surface area contributed by atoms with E-state index < -0.39 is 0 Å². The monoisotopic (exact) mass is 296 g/mol. The first-order valence-electron chi connectivity index (χ1n) is 6.54. The Morgan fingerprint density at radius 3 is 2.38 bits per heavy atom. The van der Waals surface area contributed by atoms with E-state index in [1.807, 2.05) is 42.5 Å². The number of halogens is 1. The first kappa shape index (κ1) is 13.6. The number of rotatable bonds is 2. The fraction of sp³-hybridized carbons (Fsp3) is 0.0588. The van der Waals surface area contributed by atoms with Crippen LogP contribution in [0.1, 0.15) is 11.1 Å². The molecule has 1 heterocycles. The maximum atomic E-state index is 12.3. The van der Waals surface area contributed by atoms with Crippen molar-refractivity contribution < 1.29 is 4.79 Å². The number of hydrogen-bond acceptors (Lipinski definition) is 2. The van der Waals surface area contributed by atoms with Crippen molar-refractivity contribution in [2.45, 2.75) is 0 Å². The maximum absolute atomic E-state index is 12.3. The summed E-state index contributed by atoms with van der Waals surface area (Å²) in [6, 6.07) is 17.0. The molecular weight excluding hydrogens is 284 g/mol. The van der Waals surface area contributed by atoms with Gasteiger partial charge in [-0.2, -0.15) is 0 Å². The van der Waals surface area contributed by atoms with Crippen molar-refractivity contribution in [3.63, 3.8) is 0 Å². The molecule has 0 atom stereocenters. The summed E-state index contributed by atoms with van der Waals surface area (Å²) in [7, 11) is 1.73. The van der Waals surface area contributed by atoms with Crippen LogP contribution >= 0.6 is 11.6 Å². The molecule has 0 unspecified atom stereocenters. The summed E-state index contributed by atoms with van der Waals surface area (Å²) in [5, 5.41) is 0.667. The molecule has 0 spiro atoms. The number of amides is 1. The van der Waals surface area contributed by atoms with Crippen LogP contribution in [0.3, 0.4) is 0 Å². The topological polar surface area (TPSA) is 32.7 Å². The normalized spacial score (nSPS) is 16.5. The van der Waals surface area contributed by atoms with Crippen LogP contribution in [0.4, 0.5) is 0 Å². The summed E-state index contributed by atoms with van der Waals surface area (Å²) in [6.07, 6.45) is 1.77. The zero-order chi connectivity index (χ0) is 14.8. The number of hydrogen-bond donors (Lipinski definition) is 0. The maximum Gasteiger partial charge on any atom is 0.277 e. The lowest BCUT2D eigenvalue weighted by molar-refractivity contribution is -0.121. The van der Waals surface area contributed by atoms with Gasteiger partial charge in [0.25, 0.3) is 5.91 Å². The molecule has 0 saturated carbocycles. The van der Waals surface area contributed by atoms with Gasteiger partial charge in [-0.25, -0.2) is 4.99 Å². The highest BCUT2D eigenvalue weighted by Gasteiger charge is 2.27. The summed E-state index contributed by atoms with van der Waals surface area (Å²) < 4.78 is 0. The largest absolute Gasteiger partial charge is 0.294 e. The second-order valence-corrected chi connectivity index (χ2v) is 5.18. The van der Waals surface area contributed by atoms with Crippen molar-refractivity contribution in [2.75, 3.05) is 7.05 Å². The average molecular weight is 297 g/mol. The highest BCUT2D eigenvalue weighted by atomic mass is 35.5. The standard InChI is InChI=1S/C17H13ClN2O/c1-20-16(13-5-3-2-4-6-13)19-15(17(20)21)11-12-7-9-14(18)10-8-12/h2-11H,1H3/b15-11-. The molecule has 4 heteroatoms. The van der Waals surface area contributed by atoms with Crippen LogP contribution in [0.15, 0.2) is 65.3 Å². The molecule has 3 rings (SSSR count). The molecule has 0 saturated heterocycles. The third-order valence-corrected chi connectivity index (χ3v) is 3.53. The van der Waals surface area contributed by atoms with Crippen molar-refractivity contribution in [2.24, 2.45) is 4.99 Å². The van der Waals surface area contributed by atoms with Gasteiger partial charge in [0, 0.05) is 17.6 Å². The van der Waals surface area contributed by atoms with Gasteiger partial charge in [-0.05, 0) is 23.8 Å². The van der Waals surface area contributed by atoms with E-state index in [2.05, 4.69) is 4.99 Å². The number of carbonyl (C=O) groups excluding carboxylic acids is 1. The minimum absolute atomic E-state index is 0.108. The summed E-state index contributed by atoms with van der Waals surface area (Å²) >= 11 is 5.86. The molecule has 2 aromatic carbocycles.